The minimum absolute atomic E-state index is 0.428. The number of benzene rings is 1. The van der Waals surface area contributed by atoms with Gasteiger partial charge in [0, 0.05) is 0 Å². The fourth-order valence-corrected chi connectivity index (χ4v) is 3.54. The highest BCUT2D eigenvalue weighted by atomic mass is 16.6. The van der Waals surface area contributed by atoms with E-state index in [0.29, 0.717) is 5.92 Å². The van der Waals surface area contributed by atoms with Crippen LogP contribution in [0.5, 0.6) is 11.5 Å². The highest BCUT2D eigenvalue weighted by Crippen LogP contribution is 2.45. The number of ether oxygens (including phenoxy) is 3. The number of hydrogen-bond acceptors (Lipinski definition) is 4. The van der Waals surface area contributed by atoms with Gasteiger partial charge in [0.2, 0.25) is 0 Å². The van der Waals surface area contributed by atoms with Gasteiger partial charge in [-0.05, 0) is 67.7 Å². The average molecular weight is 325 g/mol. The zero-order valence-corrected chi connectivity index (χ0v) is 14.1. The van der Waals surface area contributed by atoms with Crippen molar-refractivity contribution >= 4 is 0 Å². The highest BCUT2D eigenvalue weighted by molar-refractivity contribution is 5.48. The van der Waals surface area contributed by atoms with Crippen LogP contribution in [-0.4, -0.2) is 20.3 Å². The lowest BCUT2D eigenvalue weighted by atomic mass is 9.69. The molecule has 0 aromatic heterocycles. The second-order valence-electron chi connectivity index (χ2n) is 7.13. The Hall–Kier alpha value is -2.15. The maximum absolute atomic E-state index is 9.91. The standard InChI is InChI=1S/C20H23NO3/c1-22-17-5-4-16(10-18(17)23-11-14-2-3-14)20(13-21)8-6-15(7-9-20)19-12-24-19/h4-5,10,14H,2-3,6-9,11-12H2,1H3. The number of hydrogen-bond donors (Lipinski definition) is 0. The first-order valence-electron chi connectivity index (χ1n) is 8.80. The van der Waals surface area contributed by atoms with E-state index >= 15 is 0 Å². The number of allylic oxidation sites excluding steroid dienone is 1. The van der Waals surface area contributed by atoms with Crippen LogP contribution in [0.1, 0.15) is 44.1 Å². The van der Waals surface area contributed by atoms with Gasteiger partial charge in [-0.2, -0.15) is 5.26 Å². The summed E-state index contributed by atoms with van der Waals surface area (Å²) in [5.74, 6) is 3.36. The van der Waals surface area contributed by atoms with Crippen molar-refractivity contribution in [3.05, 3.63) is 35.1 Å². The largest absolute Gasteiger partial charge is 0.493 e. The number of epoxide rings is 1. The molecule has 126 valence electrons. The number of nitriles is 1. The quantitative estimate of drug-likeness (QED) is 0.765. The summed E-state index contributed by atoms with van der Waals surface area (Å²) in [6.45, 7) is 1.53. The average Bonchev–Trinajstić information content (AvgIpc) is 3.53. The van der Waals surface area contributed by atoms with E-state index in [1.807, 2.05) is 18.2 Å². The third kappa shape index (κ3) is 2.96. The molecule has 1 aromatic rings. The molecule has 0 bridgehead atoms. The Bertz CT molecular complexity index is 696. The van der Waals surface area contributed by atoms with Crippen molar-refractivity contribution < 1.29 is 14.2 Å². The van der Waals surface area contributed by atoms with Crippen LogP contribution < -0.4 is 9.47 Å². The zero-order chi connectivity index (χ0) is 16.6. The van der Waals surface area contributed by atoms with Crippen LogP contribution in [0, 0.1) is 17.2 Å². The lowest BCUT2D eigenvalue weighted by Gasteiger charge is -2.32. The van der Waals surface area contributed by atoms with E-state index in [9.17, 15) is 5.26 Å². The molecule has 0 atom stereocenters. The lowest BCUT2D eigenvalue weighted by molar-refractivity contribution is 0.279. The first-order valence-corrected chi connectivity index (χ1v) is 8.80. The molecule has 3 aliphatic rings. The van der Waals surface area contributed by atoms with Crippen molar-refractivity contribution in [2.24, 2.45) is 5.92 Å². The monoisotopic (exact) mass is 325 g/mol. The highest BCUT2D eigenvalue weighted by Gasteiger charge is 2.38. The van der Waals surface area contributed by atoms with Crippen LogP contribution in [0.4, 0.5) is 0 Å². The van der Waals surface area contributed by atoms with Crippen LogP contribution in [0.3, 0.4) is 0 Å². The molecule has 2 aliphatic carbocycles. The van der Waals surface area contributed by atoms with Crippen molar-refractivity contribution in [3.63, 3.8) is 0 Å². The first kappa shape index (κ1) is 15.4. The molecule has 4 nitrogen and oxygen atoms in total. The van der Waals surface area contributed by atoms with Gasteiger partial charge in [-0.15, -0.1) is 0 Å². The zero-order valence-electron chi connectivity index (χ0n) is 14.1. The lowest BCUT2D eigenvalue weighted by Crippen LogP contribution is -2.28. The van der Waals surface area contributed by atoms with E-state index in [1.165, 1.54) is 18.4 Å². The predicted molar refractivity (Wildman–Crippen MR) is 90.0 cm³/mol. The van der Waals surface area contributed by atoms with Gasteiger partial charge in [0.1, 0.15) is 12.4 Å². The van der Waals surface area contributed by atoms with Gasteiger partial charge in [-0.3, -0.25) is 0 Å². The fraction of sp³-hybridized carbons (Fsp3) is 0.550. The van der Waals surface area contributed by atoms with Gasteiger partial charge in [0.05, 0.1) is 25.2 Å². The molecule has 24 heavy (non-hydrogen) atoms. The van der Waals surface area contributed by atoms with E-state index in [4.69, 9.17) is 14.2 Å². The molecule has 0 N–H and O–H groups in total. The smallest absolute Gasteiger partial charge is 0.161 e. The van der Waals surface area contributed by atoms with E-state index < -0.39 is 5.41 Å². The van der Waals surface area contributed by atoms with Gasteiger partial charge in [0.25, 0.3) is 0 Å². The molecule has 0 radical (unpaired) electrons. The summed E-state index contributed by atoms with van der Waals surface area (Å²) in [6, 6.07) is 8.58. The van der Waals surface area contributed by atoms with Crippen LogP contribution in [0.2, 0.25) is 0 Å². The van der Waals surface area contributed by atoms with Gasteiger partial charge in [-0.1, -0.05) is 6.07 Å². The van der Waals surface area contributed by atoms with Crippen LogP contribution in [-0.2, 0) is 10.2 Å². The Morgan fingerprint density at radius 1 is 1.25 bits per heavy atom. The van der Waals surface area contributed by atoms with Gasteiger partial charge < -0.3 is 14.2 Å². The Morgan fingerprint density at radius 2 is 2.00 bits per heavy atom. The number of methoxy groups -OCH3 is 1. The van der Waals surface area contributed by atoms with Crippen LogP contribution in [0.25, 0.3) is 0 Å². The molecule has 4 heteroatoms. The fourth-order valence-electron chi connectivity index (χ4n) is 3.54. The summed E-state index contributed by atoms with van der Waals surface area (Å²) < 4.78 is 16.7. The maximum Gasteiger partial charge on any atom is 0.161 e. The van der Waals surface area contributed by atoms with E-state index in [0.717, 1.165) is 61.7 Å². The predicted octanol–water partition coefficient (Wildman–Crippen LogP) is 4.10. The Kier molecular flexibility index (Phi) is 3.88. The summed E-state index contributed by atoms with van der Waals surface area (Å²) in [7, 11) is 1.66. The first-order chi connectivity index (χ1) is 11.7. The van der Waals surface area contributed by atoms with E-state index in [-0.39, 0.29) is 0 Å². The minimum Gasteiger partial charge on any atom is -0.493 e. The number of nitrogens with zero attached hydrogens (tertiary/aromatic N) is 1. The van der Waals surface area contributed by atoms with Gasteiger partial charge in [-0.25, -0.2) is 0 Å². The summed E-state index contributed by atoms with van der Waals surface area (Å²) >= 11 is 0. The van der Waals surface area contributed by atoms with Crippen molar-refractivity contribution in [1.29, 1.82) is 5.26 Å². The molecular weight excluding hydrogens is 302 g/mol. The third-order valence-corrected chi connectivity index (χ3v) is 5.49. The summed E-state index contributed by atoms with van der Waals surface area (Å²) in [5, 5.41) is 9.91. The van der Waals surface area contributed by atoms with Crippen molar-refractivity contribution in [2.75, 3.05) is 20.3 Å². The van der Waals surface area contributed by atoms with E-state index in [2.05, 4.69) is 6.07 Å². The molecule has 1 aliphatic heterocycles. The van der Waals surface area contributed by atoms with Crippen molar-refractivity contribution in [2.45, 2.75) is 43.9 Å². The Balaban J connectivity index is 1.57. The normalized spacial score (nSPS) is 25.7. The topological polar surface area (TPSA) is 54.8 Å². The molecule has 0 amide bonds. The van der Waals surface area contributed by atoms with Crippen molar-refractivity contribution in [1.82, 2.24) is 0 Å². The number of rotatable bonds is 5. The summed E-state index contributed by atoms with van der Waals surface area (Å²) in [4.78, 5) is 0. The second-order valence-corrected chi connectivity index (χ2v) is 7.13. The van der Waals surface area contributed by atoms with E-state index in [1.54, 1.807) is 7.11 Å². The third-order valence-electron chi connectivity index (χ3n) is 5.49. The minimum atomic E-state index is -0.428. The Morgan fingerprint density at radius 3 is 2.58 bits per heavy atom. The van der Waals surface area contributed by atoms with Crippen molar-refractivity contribution in [3.8, 4) is 17.6 Å². The molecule has 1 aromatic carbocycles. The maximum atomic E-state index is 9.91. The summed E-state index contributed by atoms with van der Waals surface area (Å²) in [5.41, 5.74) is 2.03. The second kappa shape index (κ2) is 6.05. The molecule has 4 rings (SSSR count). The molecule has 1 saturated heterocycles. The van der Waals surface area contributed by atoms with Gasteiger partial charge in [0.15, 0.2) is 11.5 Å². The molecule has 0 unspecified atom stereocenters. The molecule has 3 fully saturated rings. The Labute approximate surface area is 143 Å². The molecule has 2 saturated carbocycles. The van der Waals surface area contributed by atoms with Crippen LogP contribution >= 0.6 is 0 Å². The molecule has 0 spiro atoms. The molecular formula is C20H23NO3. The SMILES string of the molecule is COc1ccc(C2(C#N)CCC(=C3CO3)CC2)cc1OCC1CC1. The van der Waals surface area contributed by atoms with Gasteiger partial charge >= 0.3 is 0 Å². The van der Waals surface area contributed by atoms with Crippen LogP contribution in [0.15, 0.2) is 29.5 Å². The molecule has 1 heterocycles. The summed E-state index contributed by atoms with van der Waals surface area (Å²) in [6.07, 6.45) is 6.11.